The molecule has 0 radical (unpaired) electrons. The Hall–Kier alpha value is -1.87. The molecule has 0 fully saturated rings. The molecule has 106 valence electrons. The van der Waals surface area contributed by atoms with Crippen molar-refractivity contribution in [3.8, 4) is 17.0 Å². The van der Waals surface area contributed by atoms with Crippen molar-refractivity contribution >= 4 is 0 Å². The summed E-state index contributed by atoms with van der Waals surface area (Å²) >= 11 is 0. The van der Waals surface area contributed by atoms with Gasteiger partial charge in [-0.2, -0.15) is 0 Å². The molecule has 2 aromatic rings. The van der Waals surface area contributed by atoms with Gasteiger partial charge in [-0.3, -0.25) is 4.98 Å². The van der Waals surface area contributed by atoms with Crippen molar-refractivity contribution in [3.05, 3.63) is 47.7 Å². The van der Waals surface area contributed by atoms with Crippen LogP contribution in [0.15, 0.2) is 36.4 Å². The minimum Gasteiger partial charge on any atom is -0.494 e. The lowest BCUT2D eigenvalue weighted by Crippen LogP contribution is -2.08. The number of rotatable bonds is 5. The molecule has 1 aromatic carbocycles. The highest BCUT2D eigenvalue weighted by molar-refractivity contribution is 5.60. The van der Waals surface area contributed by atoms with Crippen molar-refractivity contribution in [2.75, 3.05) is 6.61 Å². The summed E-state index contributed by atoms with van der Waals surface area (Å²) in [5.74, 6) is 0.902. The smallest absolute Gasteiger partial charge is 0.119 e. The Labute approximate surface area is 120 Å². The summed E-state index contributed by atoms with van der Waals surface area (Å²) in [5.41, 5.74) is 10.1. The molecule has 3 heteroatoms. The predicted molar refractivity (Wildman–Crippen MR) is 82.8 cm³/mol. The Kier molecular flexibility index (Phi) is 4.74. The van der Waals surface area contributed by atoms with Gasteiger partial charge in [0.25, 0.3) is 0 Å². The lowest BCUT2D eigenvalue weighted by Gasteiger charge is -2.11. The minimum absolute atomic E-state index is 0.0152. The molecule has 0 bridgehead atoms. The quantitative estimate of drug-likeness (QED) is 0.897. The monoisotopic (exact) mass is 270 g/mol. The number of aromatic nitrogens is 1. The Morgan fingerprint density at radius 3 is 2.40 bits per heavy atom. The third kappa shape index (κ3) is 3.36. The van der Waals surface area contributed by atoms with Gasteiger partial charge in [-0.1, -0.05) is 13.0 Å². The topological polar surface area (TPSA) is 48.1 Å². The van der Waals surface area contributed by atoms with E-state index in [-0.39, 0.29) is 6.04 Å². The maximum Gasteiger partial charge on any atom is 0.119 e. The van der Waals surface area contributed by atoms with Crippen LogP contribution in [0.25, 0.3) is 11.3 Å². The molecular weight excluding hydrogens is 248 g/mol. The van der Waals surface area contributed by atoms with Gasteiger partial charge in [0.1, 0.15) is 5.75 Å². The zero-order valence-corrected chi connectivity index (χ0v) is 12.4. The number of aryl methyl sites for hydroxylation is 1. The first-order valence-corrected chi connectivity index (χ1v) is 7.08. The molecule has 0 spiro atoms. The zero-order valence-electron chi connectivity index (χ0n) is 12.4. The Bertz CT molecular complexity index is 562. The lowest BCUT2D eigenvalue weighted by molar-refractivity contribution is 0.317. The molecule has 2 N–H and O–H groups in total. The van der Waals surface area contributed by atoms with Crippen LogP contribution in [0.2, 0.25) is 0 Å². The molecule has 0 amide bonds. The van der Waals surface area contributed by atoms with Gasteiger partial charge in [-0.05, 0) is 56.2 Å². The van der Waals surface area contributed by atoms with E-state index in [1.54, 1.807) is 0 Å². The average molecular weight is 270 g/mol. The molecule has 0 saturated carbocycles. The summed E-state index contributed by atoms with van der Waals surface area (Å²) < 4.78 is 5.58. The van der Waals surface area contributed by atoms with E-state index in [1.807, 2.05) is 44.2 Å². The van der Waals surface area contributed by atoms with Crippen LogP contribution in [0.3, 0.4) is 0 Å². The molecule has 20 heavy (non-hydrogen) atoms. The van der Waals surface area contributed by atoms with E-state index in [9.17, 15) is 0 Å². The number of nitrogens with two attached hydrogens (primary N) is 1. The van der Waals surface area contributed by atoms with E-state index in [4.69, 9.17) is 10.5 Å². The van der Waals surface area contributed by atoms with Crippen LogP contribution in [-0.2, 0) is 0 Å². The van der Waals surface area contributed by atoms with E-state index < -0.39 is 0 Å². The van der Waals surface area contributed by atoms with Crippen molar-refractivity contribution in [2.24, 2.45) is 5.73 Å². The van der Waals surface area contributed by atoms with Crippen molar-refractivity contribution in [2.45, 2.75) is 33.2 Å². The van der Waals surface area contributed by atoms with Crippen LogP contribution in [0, 0.1) is 6.92 Å². The molecule has 2 rings (SSSR count). The van der Waals surface area contributed by atoms with E-state index in [2.05, 4.69) is 18.0 Å². The van der Waals surface area contributed by atoms with E-state index >= 15 is 0 Å². The second-order valence-corrected chi connectivity index (χ2v) is 5.03. The molecule has 0 saturated heterocycles. The summed E-state index contributed by atoms with van der Waals surface area (Å²) in [5, 5.41) is 0. The van der Waals surface area contributed by atoms with E-state index in [0.717, 1.165) is 41.3 Å². The largest absolute Gasteiger partial charge is 0.494 e. The van der Waals surface area contributed by atoms with Crippen molar-refractivity contribution in [3.63, 3.8) is 0 Å². The van der Waals surface area contributed by atoms with Crippen molar-refractivity contribution < 1.29 is 4.74 Å². The molecular formula is C17H22N2O. The summed E-state index contributed by atoms with van der Waals surface area (Å²) in [6.45, 7) is 6.82. The highest BCUT2D eigenvalue weighted by Gasteiger charge is 2.07. The van der Waals surface area contributed by atoms with Gasteiger partial charge in [0.2, 0.25) is 0 Å². The fraction of sp³-hybridized carbons (Fsp3) is 0.353. The number of pyridine rings is 1. The van der Waals surface area contributed by atoms with Crippen LogP contribution in [0.1, 0.15) is 37.6 Å². The minimum atomic E-state index is 0.0152. The van der Waals surface area contributed by atoms with Crippen LogP contribution < -0.4 is 10.5 Å². The van der Waals surface area contributed by atoms with Crippen LogP contribution in [-0.4, -0.2) is 11.6 Å². The van der Waals surface area contributed by atoms with Crippen molar-refractivity contribution in [1.29, 1.82) is 0 Å². The predicted octanol–water partition coefficient (Wildman–Crippen LogP) is 3.87. The van der Waals surface area contributed by atoms with Gasteiger partial charge >= 0.3 is 0 Å². The van der Waals surface area contributed by atoms with Gasteiger partial charge in [-0.15, -0.1) is 0 Å². The molecule has 1 aromatic heterocycles. The third-order valence-electron chi connectivity index (χ3n) is 3.24. The van der Waals surface area contributed by atoms with E-state index in [0.29, 0.717) is 0 Å². The Morgan fingerprint density at radius 1 is 1.15 bits per heavy atom. The highest BCUT2D eigenvalue weighted by Crippen LogP contribution is 2.23. The first kappa shape index (κ1) is 14.5. The fourth-order valence-electron chi connectivity index (χ4n) is 2.16. The number of hydrogen-bond donors (Lipinski definition) is 1. The average Bonchev–Trinajstić information content (AvgIpc) is 2.45. The van der Waals surface area contributed by atoms with Gasteiger partial charge in [0.05, 0.1) is 12.3 Å². The Morgan fingerprint density at radius 2 is 1.85 bits per heavy atom. The molecule has 3 nitrogen and oxygen atoms in total. The summed E-state index contributed by atoms with van der Waals surface area (Å²) in [7, 11) is 0. The standard InChI is InChI=1S/C17H22N2O/c1-4-11-20-15-7-5-14(6-8-15)17-10-9-16(12(2)18)13(3)19-17/h5-10,12H,4,11,18H2,1-3H3. The molecule has 1 heterocycles. The number of nitrogens with zero attached hydrogens (tertiary/aromatic N) is 1. The van der Waals surface area contributed by atoms with Crippen LogP contribution in [0.5, 0.6) is 5.75 Å². The van der Waals surface area contributed by atoms with Gasteiger partial charge < -0.3 is 10.5 Å². The Balaban J connectivity index is 2.21. The second-order valence-electron chi connectivity index (χ2n) is 5.03. The first-order valence-electron chi connectivity index (χ1n) is 7.08. The SMILES string of the molecule is CCCOc1ccc(-c2ccc(C(C)N)c(C)n2)cc1. The summed E-state index contributed by atoms with van der Waals surface area (Å²) in [6, 6.07) is 12.2. The van der Waals surface area contributed by atoms with E-state index in [1.165, 1.54) is 0 Å². The number of hydrogen-bond acceptors (Lipinski definition) is 3. The maximum absolute atomic E-state index is 5.91. The van der Waals surface area contributed by atoms with Crippen LogP contribution >= 0.6 is 0 Å². The molecule has 0 aliphatic carbocycles. The second kappa shape index (κ2) is 6.53. The van der Waals surface area contributed by atoms with Gasteiger partial charge in [0, 0.05) is 17.3 Å². The van der Waals surface area contributed by atoms with Gasteiger partial charge in [-0.25, -0.2) is 0 Å². The lowest BCUT2D eigenvalue weighted by atomic mass is 10.0. The molecule has 1 unspecified atom stereocenters. The van der Waals surface area contributed by atoms with Crippen molar-refractivity contribution in [1.82, 2.24) is 4.98 Å². The summed E-state index contributed by atoms with van der Waals surface area (Å²) in [4.78, 5) is 4.64. The van der Waals surface area contributed by atoms with Crippen LogP contribution in [0.4, 0.5) is 0 Å². The fourth-order valence-corrected chi connectivity index (χ4v) is 2.16. The molecule has 0 aliphatic rings. The summed E-state index contributed by atoms with van der Waals surface area (Å²) in [6.07, 6.45) is 1.02. The molecule has 1 atom stereocenters. The number of ether oxygens (including phenoxy) is 1. The molecule has 0 aliphatic heterocycles. The normalized spacial score (nSPS) is 12.2. The number of benzene rings is 1. The first-order chi connectivity index (χ1) is 9.61. The zero-order chi connectivity index (χ0) is 14.5. The highest BCUT2D eigenvalue weighted by atomic mass is 16.5. The van der Waals surface area contributed by atoms with Gasteiger partial charge in [0.15, 0.2) is 0 Å². The maximum atomic E-state index is 5.91. The third-order valence-corrected chi connectivity index (χ3v) is 3.24.